The third-order valence-electron chi connectivity index (χ3n) is 27.2. The zero-order valence-electron chi connectivity index (χ0n) is 88.3. The summed E-state index contributed by atoms with van der Waals surface area (Å²) >= 11 is 4.64. The van der Waals surface area contributed by atoms with Crippen LogP contribution in [0.1, 0.15) is 203 Å². The second-order valence-electron chi connectivity index (χ2n) is 41.8. The second-order valence-corrected chi connectivity index (χ2v) is 42.3. The van der Waals surface area contributed by atoms with Gasteiger partial charge >= 0.3 is 24.3 Å². The number of aliphatic carboxylic acids is 1. The molecule has 10 aliphatic heterocycles. The Balaban J connectivity index is 0.000000219. The predicted octanol–water partition coefficient (Wildman–Crippen LogP) is 6.60. The fourth-order valence-electron chi connectivity index (χ4n) is 20.0. The van der Waals surface area contributed by atoms with Crippen molar-refractivity contribution in [3.05, 3.63) is 179 Å². The lowest BCUT2D eigenvalue weighted by molar-refractivity contribution is -0.177. The summed E-state index contributed by atoms with van der Waals surface area (Å²) in [4.78, 5) is 207. The van der Waals surface area contributed by atoms with Crippen LogP contribution in [0, 0.1) is 11.8 Å². The summed E-state index contributed by atoms with van der Waals surface area (Å²) in [5, 5.41) is 73.5. The van der Waals surface area contributed by atoms with Gasteiger partial charge in [0.15, 0.2) is 6.04 Å². The topological polar surface area (TPSA) is 528 Å². The van der Waals surface area contributed by atoms with Gasteiger partial charge in [-0.05, 0) is 186 Å². The van der Waals surface area contributed by atoms with Crippen molar-refractivity contribution in [2.75, 3.05) is 65.4 Å². The molecular formula is C107H149ClF3N15O24. The van der Waals surface area contributed by atoms with Gasteiger partial charge in [-0.15, -0.1) is 0 Å². The molecule has 10 aliphatic rings. The van der Waals surface area contributed by atoms with Gasteiger partial charge in [-0.2, -0.15) is 13.2 Å². The second kappa shape index (κ2) is 53.4. The molecule has 43 heteroatoms. The zero-order chi connectivity index (χ0) is 112. The lowest BCUT2D eigenvalue weighted by Crippen LogP contribution is -2.77. The Morgan fingerprint density at radius 1 is 0.393 bits per heavy atom. The van der Waals surface area contributed by atoms with E-state index >= 15 is 0 Å². The first-order valence-electron chi connectivity index (χ1n) is 50.6. The predicted molar refractivity (Wildman–Crippen MR) is 546 cm³/mol. The third kappa shape index (κ3) is 30.7. The van der Waals surface area contributed by atoms with Gasteiger partial charge in [-0.1, -0.05) is 179 Å². The number of carbonyl (C=O) groups is 16. The summed E-state index contributed by atoms with van der Waals surface area (Å²) < 4.78 is 42.1. The van der Waals surface area contributed by atoms with Gasteiger partial charge in [0.1, 0.15) is 63.1 Å². The maximum absolute atomic E-state index is 13.2. The monoisotopic (exact) mass is 2120 g/mol. The van der Waals surface area contributed by atoms with Crippen LogP contribution >= 0.6 is 11.6 Å². The minimum atomic E-state index is -4.64. The Morgan fingerprint density at radius 2 is 0.627 bits per heavy atom. The number of benzene rings is 5. The van der Waals surface area contributed by atoms with Gasteiger partial charge in [0, 0.05) is 84.2 Å². The number of carboxylic acid groups (broad SMARTS) is 1. The molecule has 15 rings (SSSR count). The van der Waals surface area contributed by atoms with Crippen molar-refractivity contribution < 1.29 is 130 Å². The van der Waals surface area contributed by atoms with Crippen LogP contribution in [0.5, 0.6) is 0 Å². The minimum Gasteiger partial charge on any atom is -0.480 e. The highest BCUT2D eigenvalue weighted by Crippen LogP contribution is 2.46. The van der Waals surface area contributed by atoms with Crippen molar-refractivity contribution in [1.29, 1.82) is 0 Å². The number of carbonyl (C=O) groups excluding carboxylic acids is 15. The van der Waals surface area contributed by atoms with E-state index in [1.54, 1.807) is 58.3 Å². The highest BCUT2D eigenvalue weighted by molar-refractivity contribution is 6.62. The van der Waals surface area contributed by atoms with Crippen molar-refractivity contribution in [3.8, 4) is 0 Å². The first kappa shape index (κ1) is 123. The van der Waals surface area contributed by atoms with E-state index in [2.05, 4.69) is 38.2 Å². The summed E-state index contributed by atoms with van der Waals surface area (Å²) in [7, 11) is 0. The number of hydrogen-bond donors (Lipinski definition) is 12. The molecule has 15 atom stereocenters. The van der Waals surface area contributed by atoms with E-state index in [1.807, 2.05) is 179 Å². The van der Waals surface area contributed by atoms with E-state index < -0.39 is 142 Å². The average Bonchev–Trinajstić information content (AvgIpc) is 1.51. The van der Waals surface area contributed by atoms with Crippen LogP contribution in [-0.4, -0.2) is 341 Å². The molecule has 13 N–H and O–H groups in total. The molecule has 5 aromatic carbocycles. The first-order chi connectivity index (χ1) is 70.4. The summed E-state index contributed by atoms with van der Waals surface area (Å²) in [6, 6.07) is 42.8. The highest BCUT2D eigenvalue weighted by Gasteiger charge is 2.68. The summed E-state index contributed by atoms with van der Waals surface area (Å²) in [6.45, 7) is 32.7. The number of ether oxygens (including phenoxy) is 2. The lowest BCUT2D eigenvalue weighted by atomic mass is 9.82. The number of aliphatic hydroxyl groups is 5. The zero-order valence-corrected chi connectivity index (χ0v) is 89.0. The molecule has 0 saturated carbocycles. The van der Waals surface area contributed by atoms with Crippen LogP contribution in [0.15, 0.2) is 152 Å². The molecule has 10 saturated heterocycles. The van der Waals surface area contributed by atoms with Gasteiger partial charge in [0.25, 0.3) is 23.6 Å². The van der Waals surface area contributed by atoms with Crippen LogP contribution in [0.3, 0.4) is 0 Å². The number of alkyl halides is 3. The van der Waals surface area contributed by atoms with E-state index in [0.717, 1.165) is 59.4 Å². The summed E-state index contributed by atoms with van der Waals surface area (Å²) in [6.07, 6.45) is -5.03. The van der Waals surface area contributed by atoms with Crippen molar-refractivity contribution in [2.24, 2.45) is 17.6 Å². The molecule has 5 spiro atoms. The van der Waals surface area contributed by atoms with Crippen LogP contribution < -0.4 is 32.3 Å². The van der Waals surface area contributed by atoms with Crippen molar-refractivity contribution in [3.63, 3.8) is 0 Å². The molecular weight excluding hydrogens is 1970 g/mol. The van der Waals surface area contributed by atoms with E-state index in [-0.39, 0.29) is 83.3 Å². The van der Waals surface area contributed by atoms with Crippen LogP contribution in [-0.2, 0) is 109 Å². The first-order valence-corrected chi connectivity index (χ1v) is 51.0. The fourth-order valence-corrected chi connectivity index (χ4v) is 20.0. The average molecular weight is 2120 g/mol. The molecule has 150 heavy (non-hydrogen) atoms. The summed E-state index contributed by atoms with van der Waals surface area (Å²) in [5.41, 5.74) is 4.82. The van der Waals surface area contributed by atoms with E-state index in [0.29, 0.717) is 117 Å². The molecule has 0 radical (unpaired) electrons. The van der Waals surface area contributed by atoms with Crippen molar-refractivity contribution >= 4 is 106 Å². The van der Waals surface area contributed by atoms with E-state index in [1.165, 1.54) is 69.6 Å². The fraction of sp³-hybridized carbons (Fsp3) is 0.570. The Hall–Kier alpha value is -12.6. The van der Waals surface area contributed by atoms with Crippen molar-refractivity contribution in [2.45, 2.75) is 314 Å². The van der Waals surface area contributed by atoms with Gasteiger partial charge in [0.05, 0.1) is 56.7 Å². The van der Waals surface area contributed by atoms with Crippen LogP contribution in [0.2, 0.25) is 0 Å². The van der Waals surface area contributed by atoms with Gasteiger partial charge in [-0.25, -0.2) is 14.4 Å². The number of likely N-dealkylation sites (tertiary alicyclic amines) is 9. The third-order valence-corrected chi connectivity index (χ3v) is 27.2. The standard InChI is InChI=1S/C22H31N3O5.2C21H29N3O4.C17H23N3O3.C15H24N2O6.C7H9N.C2H3ClO.C2HF3O/c1-15(26)17(18(27)23-13-16-9-6-5-7-10-16)24-14-22(19(24)28)11-8-12-25(22)20(29)30-21(2,3)4;2*1-14(2)19(27)24-11-7-10-21(24)13-23(20(21)28)17(15(3)25)18(26)22-12-16-8-5-4-6-9-16;1-12(21)14(15(22)18-10-13-6-3-2-4-7-13)20-11-17(16(20)23)8-5-9-19-17;1-9(18)10(11(19)20)16-8-15(12(16)21)6-5-7-17(15)13(22)23-14(2,3)4;8-6-7-4-2-1-3-5-7;1-2(3)4;3-2(4,5)1-6/h5-7,9-10,15,17,26H,8,11-14H2,1-4H3,(H,23,27);2*4-6,8-9,14-15,17,25H,7,10-13H2,1-3H3,(H,22,26);2-4,6-7,12,14,19,21H,5,8-11H2,1H3,(H,18,22);9-10,18H,5-8H2,1-4H3,(H,19,20);1-5H,6,8H2;1H3;1H/t15-,17+,22?;2*15-,17+,21?;12-,14+,17?;9-,10+,15?;;;/m11111.../s1. The summed E-state index contributed by atoms with van der Waals surface area (Å²) in [5.74, 6) is -4.49. The molecule has 0 aliphatic carbocycles. The number of rotatable bonds is 26. The van der Waals surface area contributed by atoms with Crippen molar-refractivity contribution in [1.82, 2.24) is 70.7 Å². The smallest absolute Gasteiger partial charge is 0.446 e. The number of carboxylic acids is 1. The Kier molecular flexibility index (Phi) is 43.7. The largest absolute Gasteiger partial charge is 0.480 e. The highest BCUT2D eigenvalue weighted by atomic mass is 35.5. The number of nitrogens with one attached hydrogen (secondary N) is 5. The minimum absolute atomic E-state index is 0.0346. The van der Waals surface area contributed by atoms with Gasteiger partial charge in [-0.3, -0.25) is 72.1 Å². The molecule has 13 amide bonds. The molecule has 10 fully saturated rings. The number of aldehydes is 1. The number of aliphatic hydroxyl groups excluding tert-OH is 5. The Labute approximate surface area is 878 Å². The van der Waals surface area contributed by atoms with Crippen LogP contribution in [0.25, 0.3) is 0 Å². The number of hydrogen-bond acceptors (Lipinski definition) is 25. The molecule has 0 aromatic heterocycles. The number of halogens is 4. The lowest BCUT2D eigenvalue weighted by Gasteiger charge is -2.54. The number of nitrogens with two attached hydrogens (primary N) is 1. The molecule has 10 heterocycles. The maximum atomic E-state index is 13.2. The molecule has 824 valence electrons. The molecule has 5 aromatic rings. The van der Waals surface area contributed by atoms with E-state index in [9.17, 15) is 116 Å². The molecule has 0 bridgehead atoms. The van der Waals surface area contributed by atoms with Crippen LogP contribution in [0.4, 0.5) is 22.8 Å². The van der Waals surface area contributed by atoms with E-state index in [4.69, 9.17) is 20.0 Å². The number of nitrogens with zero attached hydrogens (tertiary/aromatic N) is 9. The SMILES string of the molecule is CC(=O)Cl.CC(C)C(=O)N1CCCC12CN([C@H](C(=O)NCc1ccccc1)[C@@H](C)O)C2=O.CC(C)C(=O)N1CCCC12CN([C@H](C(=O)NCc1ccccc1)[C@@H](C)O)C2=O.C[C@@H](O)[C@@H](C(=O)NCc1ccccc1)N1CC2(CCCN2)C1=O.C[C@@H](O)[C@@H](C(=O)NCc1ccccc1)N1CC2(CCCN2C(=O)OC(C)(C)C)C1=O.C[C@@H](O)[C@@H](C(=O)O)N1CC2(CCCN2C(=O)OC(C)(C)C)C1=O.NCc1ccccc1.O=CC(F)(F)F. The van der Waals surface area contributed by atoms with Gasteiger partial charge in [0.2, 0.25) is 52.9 Å². The Morgan fingerprint density at radius 3 is 0.820 bits per heavy atom. The number of amides is 13. The quantitative estimate of drug-likeness (QED) is 0.0157. The van der Waals surface area contributed by atoms with Gasteiger partial charge < -0.3 is 107 Å². The molecule has 5 unspecified atom stereocenters. The normalized spacial score (nSPS) is 22.7. The number of β-lactam (4-membered cyclic amide) rings is 5. The Bertz CT molecular complexity index is 5320. The molecule has 39 nitrogen and oxygen atoms in total. The maximum Gasteiger partial charge on any atom is 0.446 e.